The van der Waals surface area contributed by atoms with Crippen LogP contribution in [0.1, 0.15) is 6.42 Å². The van der Waals surface area contributed by atoms with Crippen molar-refractivity contribution >= 4 is 5.97 Å². The van der Waals surface area contributed by atoms with Gasteiger partial charge in [-0.25, -0.2) is 0 Å². The fraction of sp³-hybridized carbons (Fsp3) is 0.750. The number of ether oxygens (including phenoxy) is 5. The fourth-order valence-electron chi connectivity index (χ4n) is 0.990. The van der Waals surface area contributed by atoms with Crippen molar-refractivity contribution in [2.45, 2.75) is 6.42 Å². The molecule has 0 atom stereocenters. The Kier molecular flexibility index (Phi) is 13.1. The summed E-state index contributed by atoms with van der Waals surface area (Å²) in [6, 6.07) is 0. The van der Waals surface area contributed by atoms with Gasteiger partial charge in [0.2, 0.25) is 0 Å². The molecule has 0 aliphatic rings. The predicted molar refractivity (Wildman–Crippen MR) is 65.2 cm³/mol. The summed E-state index contributed by atoms with van der Waals surface area (Å²) in [7, 11) is 1.35. The highest BCUT2D eigenvalue weighted by atomic mass is 16.6. The van der Waals surface area contributed by atoms with Crippen LogP contribution < -0.4 is 0 Å². The van der Waals surface area contributed by atoms with Gasteiger partial charge < -0.3 is 23.7 Å². The van der Waals surface area contributed by atoms with Gasteiger partial charge in [-0.2, -0.15) is 0 Å². The van der Waals surface area contributed by atoms with Gasteiger partial charge in [0.15, 0.2) is 0 Å². The highest BCUT2D eigenvalue weighted by molar-refractivity contribution is 5.69. The van der Waals surface area contributed by atoms with E-state index in [1.165, 1.54) is 13.4 Å². The largest absolute Gasteiger partial charge is 0.499 e. The summed E-state index contributed by atoms with van der Waals surface area (Å²) in [6.45, 7) is 6.75. The van der Waals surface area contributed by atoms with Crippen LogP contribution in [0.5, 0.6) is 0 Å². The van der Waals surface area contributed by atoms with Gasteiger partial charge in [0.1, 0.15) is 6.61 Å². The third kappa shape index (κ3) is 13.0. The number of methoxy groups -OCH3 is 1. The Morgan fingerprint density at radius 1 is 0.944 bits per heavy atom. The topological polar surface area (TPSA) is 63.2 Å². The first-order chi connectivity index (χ1) is 8.81. The lowest BCUT2D eigenvalue weighted by atomic mass is 10.5. The number of carbonyl (C=O) groups is 1. The monoisotopic (exact) mass is 262 g/mol. The van der Waals surface area contributed by atoms with E-state index in [2.05, 4.69) is 11.3 Å². The summed E-state index contributed by atoms with van der Waals surface area (Å²) in [5.41, 5.74) is 0. The number of hydrogen-bond acceptors (Lipinski definition) is 6. The molecule has 0 aromatic rings. The highest BCUT2D eigenvalue weighted by Crippen LogP contribution is 1.87. The number of rotatable bonds is 13. The molecule has 0 N–H and O–H groups in total. The molecule has 0 saturated heterocycles. The second-order valence-electron chi connectivity index (χ2n) is 3.20. The van der Waals surface area contributed by atoms with Gasteiger partial charge in [-0.15, -0.1) is 0 Å². The van der Waals surface area contributed by atoms with Gasteiger partial charge in [-0.3, -0.25) is 4.79 Å². The number of hydrogen-bond donors (Lipinski definition) is 0. The molecule has 0 amide bonds. The van der Waals surface area contributed by atoms with Crippen LogP contribution in [0.2, 0.25) is 0 Å². The summed E-state index contributed by atoms with van der Waals surface area (Å²) >= 11 is 0. The van der Waals surface area contributed by atoms with Crippen LogP contribution in [0, 0.1) is 0 Å². The smallest absolute Gasteiger partial charge is 0.307 e. The molecule has 0 aliphatic carbocycles. The quantitative estimate of drug-likeness (QED) is 0.277. The van der Waals surface area contributed by atoms with Crippen molar-refractivity contribution in [3.05, 3.63) is 12.8 Å². The third-order valence-corrected chi connectivity index (χ3v) is 1.89. The Balaban J connectivity index is 2.98. The van der Waals surface area contributed by atoms with Crippen LogP contribution in [-0.4, -0.2) is 59.3 Å². The van der Waals surface area contributed by atoms with Gasteiger partial charge in [0.25, 0.3) is 0 Å². The molecular weight excluding hydrogens is 240 g/mol. The summed E-state index contributed by atoms with van der Waals surface area (Å²) in [4.78, 5) is 10.7. The molecule has 0 fully saturated rings. The maximum Gasteiger partial charge on any atom is 0.307 e. The van der Waals surface area contributed by atoms with Gasteiger partial charge >= 0.3 is 5.97 Å². The van der Waals surface area contributed by atoms with Crippen LogP contribution in [0.15, 0.2) is 12.8 Å². The predicted octanol–water partition coefficient (Wildman–Crippen LogP) is 0.759. The minimum Gasteiger partial charge on any atom is -0.499 e. The van der Waals surface area contributed by atoms with E-state index in [9.17, 15) is 4.79 Å². The lowest BCUT2D eigenvalue weighted by Gasteiger charge is -2.06. The second-order valence-corrected chi connectivity index (χ2v) is 3.20. The molecule has 0 aromatic heterocycles. The third-order valence-electron chi connectivity index (χ3n) is 1.89. The van der Waals surface area contributed by atoms with Crippen molar-refractivity contribution in [1.82, 2.24) is 0 Å². The molecule has 6 nitrogen and oxygen atoms in total. The summed E-state index contributed by atoms with van der Waals surface area (Å²) in [5.74, 6) is -0.272. The van der Waals surface area contributed by atoms with E-state index in [0.29, 0.717) is 46.2 Å². The van der Waals surface area contributed by atoms with Crippen LogP contribution in [0.3, 0.4) is 0 Å². The molecule has 0 radical (unpaired) electrons. The molecule has 0 rings (SSSR count). The van der Waals surface area contributed by atoms with Gasteiger partial charge in [0.05, 0.1) is 59.4 Å². The first-order valence-corrected chi connectivity index (χ1v) is 5.83. The Hall–Kier alpha value is -1.11. The normalized spacial score (nSPS) is 10.1. The average molecular weight is 262 g/mol. The molecule has 0 unspecified atom stereocenters. The Morgan fingerprint density at radius 2 is 1.44 bits per heavy atom. The van der Waals surface area contributed by atoms with Crippen LogP contribution in [0.4, 0.5) is 0 Å². The molecule has 106 valence electrons. The molecule has 0 bridgehead atoms. The number of carbonyl (C=O) groups excluding carboxylic acids is 1. The minimum atomic E-state index is -0.272. The zero-order chi connectivity index (χ0) is 13.5. The van der Waals surface area contributed by atoms with Crippen molar-refractivity contribution in [3.63, 3.8) is 0 Å². The van der Waals surface area contributed by atoms with E-state index in [1.807, 2.05) is 0 Å². The van der Waals surface area contributed by atoms with E-state index in [0.717, 1.165) is 0 Å². The van der Waals surface area contributed by atoms with Gasteiger partial charge in [0, 0.05) is 0 Å². The number of esters is 1. The Labute approximate surface area is 108 Å². The molecular formula is C12H22O6. The SMILES string of the molecule is C=COCCOCCOCCOCCC(=O)OC. The molecule has 0 heterocycles. The first kappa shape index (κ1) is 16.9. The standard InChI is InChI=1S/C12H22O6/c1-3-15-6-7-17-10-11-18-9-8-16-5-4-12(13)14-2/h3H,1,4-11H2,2H3. The second kappa shape index (κ2) is 14.0. The van der Waals surface area contributed by atoms with Crippen LogP contribution >= 0.6 is 0 Å². The lowest BCUT2D eigenvalue weighted by molar-refractivity contribution is -0.141. The van der Waals surface area contributed by atoms with Crippen molar-refractivity contribution < 1.29 is 28.5 Å². The Bertz CT molecular complexity index is 207. The van der Waals surface area contributed by atoms with Crippen molar-refractivity contribution in [2.75, 3.05) is 53.4 Å². The molecule has 0 aromatic carbocycles. The van der Waals surface area contributed by atoms with E-state index < -0.39 is 0 Å². The average Bonchev–Trinajstić information content (AvgIpc) is 2.39. The first-order valence-electron chi connectivity index (χ1n) is 5.83. The van der Waals surface area contributed by atoms with Crippen LogP contribution in [0.25, 0.3) is 0 Å². The fourth-order valence-corrected chi connectivity index (χ4v) is 0.990. The van der Waals surface area contributed by atoms with Gasteiger partial charge in [-0.05, 0) is 0 Å². The summed E-state index contributed by atoms with van der Waals surface area (Å²) in [6.07, 6.45) is 1.65. The maximum atomic E-state index is 10.7. The van der Waals surface area contributed by atoms with Gasteiger partial charge in [-0.1, -0.05) is 6.58 Å². The summed E-state index contributed by atoms with van der Waals surface area (Å²) < 4.78 is 25.0. The van der Waals surface area contributed by atoms with E-state index in [1.54, 1.807) is 0 Å². The molecule has 0 spiro atoms. The zero-order valence-electron chi connectivity index (χ0n) is 10.9. The van der Waals surface area contributed by atoms with Crippen molar-refractivity contribution in [2.24, 2.45) is 0 Å². The highest BCUT2D eigenvalue weighted by Gasteiger charge is 1.98. The van der Waals surface area contributed by atoms with Crippen LogP contribution in [-0.2, 0) is 28.5 Å². The molecule has 6 heteroatoms. The molecule has 0 saturated carbocycles. The van der Waals surface area contributed by atoms with Crippen molar-refractivity contribution in [1.29, 1.82) is 0 Å². The Morgan fingerprint density at radius 3 is 1.94 bits per heavy atom. The van der Waals surface area contributed by atoms with E-state index >= 15 is 0 Å². The summed E-state index contributed by atoms with van der Waals surface area (Å²) in [5, 5.41) is 0. The van der Waals surface area contributed by atoms with Crippen molar-refractivity contribution in [3.8, 4) is 0 Å². The maximum absolute atomic E-state index is 10.7. The molecule has 0 aliphatic heterocycles. The van der Waals surface area contributed by atoms with E-state index in [4.69, 9.17) is 18.9 Å². The van der Waals surface area contributed by atoms with E-state index in [-0.39, 0.29) is 12.4 Å². The molecule has 18 heavy (non-hydrogen) atoms. The minimum absolute atomic E-state index is 0.267. The lowest BCUT2D eigenvalue weighted by Crippen LogP contribution is -2.12. The zero-order valence-corrected chi connectivity index (χ0v) is 10.9.